The summed E-state index contributed by atoms with van der Waals surface area (Å²) in [6.07, 6.45) is 0. The lowest BCUT2D eigenvalue weighted by atomic mass is 10.0. The van der Waals surface area contributed by atoms with Crippen LogP contribution in [-0.4, -0.2) is 5.78 Å². The van der Waals surface area contributed by atoms with E-state index in [1.165, 1.54) is 21.6 Å². The molecule has 1 nitrogen and oxygen atoms in total. The van der Waals surface area contributed by atoms with Gasteiger partial charge in [0.25, 0.3) is 0 Å². The number of hydrogen-bond acceptors (Lipinski definition) is 2. The molecule has 0 unspecified atom stereocenters. The number of benzene rings is 1. The van der Waals surface area contributed by atoms with Crippen molar-refractivity contribution in [2.75, 3.05) is 0 Å². The van der Waals surface area contributed by atoms with Gasteiger partial charge < -0.3 is 0 Å². The van der Waals surface area contributed by atoms with Crippen LogP contribution in [0.1, 0.15) is 27.7 Å². The first-order valence-corrected chi connectivity index (χ1v) is 6.08. The predicted molar refractivity (Wildman–Crippen MR) is 69.2 cm³/mol. The summed E-state index contributed by atoms with van der Waals surface area (Å²) in [5.41, 5.74) is 3.73. The van der Waals surface area contributed by atoms with Crippen LogP contribution in [-0.2, 0) is 0 Å². The molecule has 0 aliphatic heterocycles. The highest BCUT2D eigenvalue weighted by molar-refractivity contribution is 7.17. The van der Waals surface area contributed by atoms with E-state index in [9.17, 15) is 4.79 Å². The Kier molecular flexibility index (Phi) is 2.92. The molecule has 0 aliphatic carbocycles. The van der Waals surface area contributed by atoms with Crippen LogP contribution in [0.2, 0.25) is 0 Å². The largest absolute Gasteiger partial charge is 0.294 e. The Bertz CT molecular complexity index is 537. The average molecular weight is 230 g/mol. The summed E-state index contributed by atoms with van der Waals surface area (Å²) >= 11 is 1.57. The van der Waals surface area contributed by atoms with E-state index in [-0.39, 0.29) is 5.78 Å². The van der Waals surface area contributed by atoms with Crippen LogP contribution in [0, 0.1) is 13.8 Å². The van der Waals surface area contributed by atoms with Crippen LogP contribution >= 0.6 is 11.3 Å². The number of aryl methyl sites for hydroxylation is 2. The maximum atomic E-state index is 11.3. The number of thiophene rings is 1. The van der Waals surface area contributed by atoms with Crippen molar-refractivity contribution in [2.24, 2.45) is 0 Å². The quantitative estimate of drug-likeness (QED) is 0.705. The van der Waals surface area contributed by atoms with E-state index < -0.39 is 0 Å². The molecule has 1 heterocycles. The molecule has 0 bridgehead atoms. The molecule has 0 radical (unpaired) electrons. The molecule has 2 heteroatoms. The van der Waals surface area contributed by atoms with Gasteiger partial charge in [-0.05, 0) is 44.0 Å². The summed E-state index contributed by atoms with van der Waals surface area (Å²) in [7, 11) is 0. The number of carbonyl (C=O) groups excluding carboxylic acids is 1. The van der Waals surface area contributed by atoms with Crippen molar-refractivity contribution in [3.05, 3.63) is 46.3 Å². The van der Waals surface area contributed by atoms with Gasteiger partial charge in [0.05, 0.1) is 4.88 Å². The van der Waals surface area contributed by atoms with Gasteiger partial charge in [-0.3, -0.25) is 4.79 Å². The monoisotopic (exact) mass is 230 g/mol. The zero-order valence-electron chi connectivity index (χ0n) is 9.70. The fourth-order valence-electron chi connectivity index (χ4n) is 1.67. The highest BCUT2D eigenvalue weighted by Gasteiger charge is 2.08. The molecule has 0 atom stereocenters. The Morgan fingerprint density at radius 3 is 2.50 bits per heavy atom. The van der Waals surface area contributed by atoms with Crippen molar-refractivity contribution in [3.63, 3.8) is 0 Å². The highest BCUT2D eigenvalue weighted by Crippen LogP contribution is 2.31. The Morgan fingerprint density at radius 1 is 1.12 bits per heavy atom. The Morgan fingerprint density at radius 2 is 1.88 bits per heavy atom. The van der Waals surface area contributed by atoms with Gasteiger partial charge in [0.15, 0.2) is 5.78 Å². The predicted octanol–water partition coefficient (Wildman–Crippen LogP) is 4.23. The Hall–Kier alpha value is -1.41. The Labute approximate surface area is 99.8 Å². The third kappa shape index (κ3) is 2.07. The second-order valence-electron chi connectivity index (χ2n) is 4.04. The van der Waals surface area contributed by atoms with Gasteiger partial charge >= 0.3 is 0 Å². The maximum absolute atomic E-state index is 11.3. The average Bonchev–Trinajstić information content (AvgIpc) is 2.70. The van der Waals surface area contributed by atoms with Crippen molar-refractivity contribution >= 4 is 17.1 Å². The number of carbonyl (C=O) groups is 1. The highest BCUT2D eigenvalue weighted by atomic mass is 32.1. The second kappa shape index (κ2) is 4.22. The molecule has 0 fully saturated rings. The molecule has 0 saturated carbocycles. The van der Waals surface area contributed by atoms with Crippen molar-refractivity contribution in [3.8, 4) is 10.4 Å². The van der Waals surface area contributed by atoms with E-state index in [0.29, 0.717) is 0 Å². The minimum Gasteiger partial charge on any atom is -0.294 e. The van der Waals surface area contributed by atoms with Gasteiger partial charge in [-0.2, -0.15) is 0 Å². The van der Waals surface area contributed by atoms with Crippen molar-refractivity contribution < 1.29 is 4.79 Å². The molecule has 0 aliphatic rings. The summed E-state index contributed by atoms with van der Waals surface area (Å²) in [5.74, 6) is 0.140. The first-order valence-electron chi connectivity index (χ1n) is 5.26. The molecule has 2 aromatic rings. The molecule has 1 aromatic carbocycles. The van der Waals surface area contributed by atoms with Gasteiger partial charge in [0.2, 0.25) is 0 Å². The smallest absolute Gasteiger partial charge is 0.169 e. The molecule has 0 amide bonds. The molecule has 0 spiro atoms. The molecular formula is C14H14OS. The van der Waals surface area contributed by atoms with Crippen LogP contribution in [0.15, 0.2) is 30.3 Å². The van der Waals surface area contributed by atoms with E-state index in [2.05, 4.69) is 32.0 Å². The van der Waals surface area contributed by atoms with Crippen LogP contribution in [0.5, 0.6) is 0 Å². The number of hydrogen-bond donors (Lipinski definition) is 0. The number of rotatable bonds is 2. The summed E-state index contributed by atoms with van der Waals surface area (Å²) < 4.78 is 0. The van der Waals surface area contributed by atoms with E-state index in [4.69, 9.17) is 0 Å². The van der Waals surface area contributed by atoms with Crippen molar-refractivity contribution in [1.82, 2.24) is 0 Å². The lowest BCUT2D eigenvalue weighted by molar-refractivity contribution is 0.102. The summed E-state index contributed by atoms with van der Waals surface area (Å²) in [5, 5.41) is 0. The molecule has 82 valence electrons. The van der Waals surface area contributed by atoms with E-state index >= 15 is 0 Å². The van der Waals surface area contributed by atoms with Gasteiger partial charge in [0.1, 0.15) is 0 Å². The first kappa shape index (κ1) is 11.1. The SMILES string of the molecule is CC(=O)c1ccc(-c2cc(C)ccc2C)s1. The maximum Gasteiger partial charge on any atom is 0.169 e. The second-order valence-corrected chi connectivity index (χ2v) is 5.12. The normalized spacial score (nSPS) is 10.4. The molecule has 0 N–H and O–H groups in total. The lowest BCUT2D eigenvalue weighted by Gasteiger charge is -2.04. The van der Waals surface area contributed by atoms with Gasteiger partial charge in [-0.25, -0.2) is 0 Å². The van der Waals surface area contributed by atoms with Crippen LogP contribution < -0.4 is 0 Å². The van der Waals surface area contributed by atoms with Crippen LogP contribution in [0.25, 0.3) is 10.4 Å². The van der Waals surface area contributed by atoms with Crippen LogP contribution in [0.4, 0.5) is 0 Å². The van der Waals surface area contributed by atoms with Crippen molar-refractivity contribution in [1.29, 1.82) is 0 Å². The molecule has 2 rings (SSSR count). The number of Topliss-reactive ketones (excluding diaryl/α,β-unsaturated/α-hetero) is 1. The summed E-state index contributed by atoms with van der Waals surface area (Å²) in [6, 6.07) is 10.3. The fraction of sp³-hybridized carbons (Fsp3) is 0.214. The zero-order chi connectivity index (χ0) is 11.7. The lowest BCUT2D eigenvalue weighted by Crippen LogP contribution is -1.84. The fourth-order valence-corrected chi connectivity index (χ4v) is 2.66. The third-order valence-electron chi connectivity index (χ3n) is 2.61. The summed E-state index contributed by atoms with van der Waals surface area (Å²) in [4.78, 5) is 13.3. The summed E-state index contributed by atoms with van der Waals surface area (Å²) in [6.45, 7) is 5.79. The minimum absolute atomic E-state index is 0.140. The van der Waals surface area contributed by atoms with E-state index in [1.807, 2.05) is 12.1 Å². The Balaban J connectivity index is 2.50. The standard InChI is InChI=1S/C14H14OS/c1-9-4-5-10(2)12(8-9)14-7-6-13(16-14)11(3)15/h4-8H,1-3H3. The van der Waals surface area contributed by atoms with Gasteiger partial charge in [0, 0.05) is 4.88 Å². The topological polar surface area (TPSA) is 17.1 Å². The first-order chi connectivity index (χ1) is 7.58. The van der Waals surface area contributed by atoms with Crippen molar-refractivity contribution in [2.45, 2.75) is 20.8 Å². The van der Waals surface area contributed by atoms with Gasteiger partial charge in [-0.1, -0.05) is 23.8 Å². The zero-order valence-corrected chi connectivity index (χ0v) is 10.5. The minimum atomic E-state index is 0.140. The van der Waals surface area contributed by atoms with Gasteiger partial charge in [-0.15, -0.1) is 11.3 Å². The van der Waals surface area contributed by atoms with Crippen LogP contribution in [0.3, 0.4) is 0 Å². The molecular weight excluding hydrogens is 216 g/mol. The number of ketones is 1. The van der Waals surface area contributed by atoms with E-state index in [0.717, 1.165) is 4.88 Å². The molecule has 16 heavy (non-hydrogen) atoms. The molecule has 0 saturated heterocycles. The van der Waals surface area contributed by atoms with E-state index in [1.54, 1.807) is 18.3 Å². The third-order valence-corrected chi connectivity index (χ3v) is 3.83. The molecule has 1 aromatic heterocycles.